The van der Waals surface area contributed by atoms with E-state index in [2.05, 4.69) is 12.2 Å². The second-order valence-electron chi connectivity index (χ2n) is 8.15. The maximum Gasteiger partial charge on any atom is 0.324 e. The van der Waals surface area contributed by atoms with E-state index in [-0.39, 0.29) is 18.2 Å². The minimum atomic E-state index is -4.53. The Labute approximate surface area is 185 Å². The summed E-state index contributed by atoms with van der Waals surface area (Å²) in [5, 5.41) is 7.09. The van der Waals surface area contributed by atoms with Crippen molar-refractivity contribution in [1.29, 1.82) is 0 Å². The molecule has 178 valence electrons. The zero-order chi connectivity index (χ0) is 23.1. The van der Waals surface area contributed by atoms with Gasteiger partial charge in [-0.3, -0.25) is 23.8 Å². The quantitative estimate of drug-likeness (QED) is 0.137. The van der Waals surface area contributed by atoms with E-state index in [1.165, 1.54) is 11.3 Å². The van der Waals surface area contributed by atoms with Crippen molar-refractivity contribution < 1.29 is 32.5 Å². The Morgan fingerprint density at radius 3 is 1.77 bits per heavy atom. The molecular weight excluding hydrogens is 422 g/mol. The Bertz CT molecular complexity index is 687. The standard InChI is InChI=1S/C22H37NO7S/c24-20-16-17-21(25)23(20)18-14-12-10-8-6-4-2-1-3-5-7-9-11-13-15-19(22(26)27)31(28,29)30/h1,3,19H,2,4-18H2,(H,26,27)(H,28,29,30)/b3-1-. The van der Waals surface area contributed by atoms with Crippen molar-refractivity contribution in [2.45, 2.75) is 102 Å². The van der Waals surface area contributed by atoms with Crippen molar-refractivity contribution in [2.75, 3.05) is 6.54 Å². The maximum atomic E-state index is 11.5. The highest BCUT2D eigenvalue weighted by Gasteiger charge is 2.30. The summed E-state index contributed by atoms with van der Waals surface area (Å²) in [6, 6.07) is 0. The summed E-state index contributed by atoms with van der Waals surface area (Å²) in [7, 11) is -4.53. The lowest BCUT2D eigenvalue weighted by Crippen LogP contribution is -2.29. The van der Waals surface area contributed by atoms with Crippen LogP contribution in [0.1, 0.15) is 96.3 Å². The number of nitrogens with zero attached hydrogens (tertiary/aromatic N) is 1. The third kappa shape index (κ3) is 12.0. The predicted molar refractivity (Wildman–Crippen MR) is 118 cm³/mol. The fourth-order valence-corrected chi connectivity index (χ4v) is 4.41. The number of hydrogen-bond acceptors (Lipinski definition) is 5. The summed E-state index contributed by atoms with van der Waals surface area (Å²) in [6.07, 6.45) is 16.6. The second kappa shape index (κ2) is 15.1. The number of carbonyl (C=O) groups excluding carboxylic acids is 2. The van der Waals surface area contributed by atoms with Crippen molar-refractivity contribution in [3.8, 4) is 0 Å². The summed E-state index contributed by atoms with van der Waals surface area (Å²) in [5.41, 5.74) is 0. The van der Waals surface area contributed by atoms with E-state index in [0.717, 1.165) is 64.2 Å². The minimum absolute atomic E-state index is 0.0271. The summed E-state index contributed by atoms with van der Waals surface area (Å²) >= 11 is 0. The molecule has 1 saturated heterocycles. The van der Waals surface area contributed by atoms with Crippen LogP contribution in [0.4, 0.5) is 0 Å². The number of imide groups is 1. The van der Waals surface area contributed by atoms with Crippen LogP contribution in [0, 0.1) is 0 Å². The van der Waals surface area contributed by atoms with Gasteiger partial charge in [-0.2, -0.15) is 8.42 Å². The van der Waals surface area contributed by atoms with Gasteiger partial charge in [0.2, 0.25) is 11.8 Å². The molecule has 0 aromatic heterocycles. The number of likely N-dealkylation sites (tertiary alicyclic amines) is 1. The van der Waals surface area contributed by atoms with E-state index >= 15 is 0 Å². The summed E-state index contributed by atoms with van der Waals surface area (Å²) < 4.78 is 30.8. The molecule has 1 aliphatic rings. The monoisotopic (exact) mass is 459 g/mol. The molecule has 1 unspecified atom stereocenters. The molecule has 8 nitrogen and oxygen atoms in total. The number of allylic oxidation sites excluding steroid dienone is 2. The van der Waals surface area contributed by atoms with E-state index in [1.807, 2.05) is 0 Å². The van der Waals surface area contributed by atoms with E-state index < -0.39 is 21.3 Å². The van der Waals surface area contributed by atoms with Gasteiger partial charge in [0, 0.05) is 19.4 Å². The third-order valence-corrected chi connectivity index (χ3v) is 6.70. The molecular formula is C22H37NO7S. The van der Waals surface area contributed by atoms with E-state index in [9.17, 15) is 22.8 Å². The molecule has 1 aliphatic heterocycles. The van der Waals surface area contributed by atoms with Crippen LogP contribution >= 0.6 is 0 Å². The van der Waals surface area contributed by atoms with Gasteiger partial charge in [-0.25, -0.2) is 0 Å². The second-order valence-corrected chi connectivity index (χ2v) is 9.75. The van der Waals surface area contributed by atoms with Crippen LogP contribution in [0.5, 0.6) is 0 Å². The highest BCUT2D eigenvalue weighted by molar-refractivity contribution is 7.87. The van der Waals surface area contributed by atoms with Crippen LogP contribution in [-0.2, 0) is 24.5 Å². The number of amides is 2. The number of carboxylic acids is 1. The Morgan fingerprint density at radius 1 is 0.839 bits per heavy atom. The van der Waals surface area contributed by atoms with Gasteiger partial charge < -0.3 is 5.11 Å². The Kier molecular flexibility index (Phi) is 13.3. The number of rotatable bonds is 18. The first kappa shape index (κ1) is 27.3. The number of carbonyl (C=O) groups is 3. The Balaban J connectivity index is 1.89. The van der Waals surface area contributed by atoms with Gasteiger partial charge in [0.15, 0.2) is 5.25 Å². The van der Waals surface area contributed by atoms with Gasteiger partial charge in [0.05, 0.1) is 0 Å². The van der Waals surface area contributed by atoms with Crippen molar-refractivity contribution in [3.05, 3.63) is 12.2 Å². The van der Waals surface area contributed by atoms with Gasteiger partial charge in [0.1, 0.15) is 0 Å². The van der Waals surface area contributed by atoms with Gasteiger partial charge in [0.25, 0.3) is 10.1 Å². The van der Waals surface area contributed by atoms with E-state index in [4.69, 9.17) is 9.66 Å². The van der Waals surface area contributed by atoms with Crippen LogP contribution in [0.15, 0.2) is 12.2 Å². The largest absolute Gasteiger partial charge is 0.480 e. The molecule has 31 heavy (non-hydrogen) atoms. The maximum absolute atomic E-state index is 11.5. The smallest absolute Gasteiger partial charge is 0.324 e. The molecule has 1 atom stereocenters. The van der Waals surface area contributed by atoms with Crippen molar-refractivity contribution in [2.24, 2.45) is 0 Å². The molecule has 0 radical (unpaired) electrons. The first-order valence-electron chi connectivity index (χ1n) is 11.4. The molecule has 0 aromatic rings. The summed E-state index contributed by atoms with van der Waals surface area (Å²) in [6.45, 7) is 0.571. The van der Waals surface area contributed by atoms with Crippen molar-refractivity contribution in [3.63, 3.8) is 0 Å². The van der Waals surface area contributed by atoms with Crippen LogP contribution in [-0.4, -0.2) is 52.6 Å². The fourth-order valence-electron chi connectivity index (χ4n) is 3.69. The lowest BCUT2D eigenvalue weighted by molar-refractivity contribution is -0.139. The van der Waals surface area contributed by atoms with Gasteiger partial charge in [-0.1, -0.05) is 57.1 Å². The molecule has 0 aliphatic carbocycles. The molecule has 1 fully saturated rings. The van der Waals surface area contributed by atoms with Gasteiger partial charge >= 0.3 is 5.97 Å². The minimum Gasteiger partial charge on any atom is -0.480 e. The number of carboxylic acid groups (broad SMARTS) is 1. The Morgan fingerprint density at radius 2 is 1.29 bits per heavy atom. The molecule has 1 rings (SSSR count). The molecule has 0 spiro atoms. The SMILES string of the molecule is O=C(O)C(CCCCCC/C=C\CCCCCCCCN1C(=O)CCC1=O)S(=O)(=O)O. The summed E-state index contributed by atoms with van der Waals surface area (Å²) in [5.74, 6) is -1.55. The molecule has 0 saturated carbocycles. The highest BCUT2D eigenvalue weighted by Crippen LogP contribution is 2.15. The third-order valence-electron chi connectivity index (χ3n) is 5.55. The fraction of sp³-hybridized carbons (Fsp3) is 0.773. The normalized spacial score (nSPS) is 15.8. The lowest BCUT2D eigenvalue weighted by atomic mass is 10.1. The van der Waals surface area contributed by atoms with Crippen LogP contribution in [0.25, 0.3) is 0 Å². The Hall–Kier alpha value is -1.74. The van der Waals surface area contributed by atoms with Crippen LogP contribution in [0.2, 0.25) is 0 Å². The molecule has 2 amide bonds. The number of aliphatic carboxylic acids is 1. The topological polar surface area (TPSA) is 129 Å². The molecule has 0 bridgehead atoms. The first-order valence-corrected chi connectivity index (χ1v) is 12.9. The van der Waals surface area contributed by atoms with Crippen LogP contribution < -0.4 is 0 Å². The molecule has 2 N–H and O–H groups in total. The average Bonchev–Trinajstić information content (AvgIpc) is 3.00. The van der Waals surface area contributed by atoms with Crippen molar-refractivity contribution in [1.82, 2.24) is 4.90 Å². The summed E-state index contributed by atoms with van der Waals surface area (Å²) in [4.78, 5) is 35.2. The first-order chi connectivity index (χ1) is 14.7. The van der Waals surface area contributed by atoms with Gasteiger partial charge in [-0.05, 0) is 38.5 Å². The molecule has 9 heteroatoms. The van der Waals surface area contributed by atoms with E-state index in [0.29, 0.717) is 25.8 Å². The van der Waals surface area contributed by atoms with Gasteiger partial charge in [-0.15, -0.1) is 0 Å². The van der Waals surface area contributed by atoms with Crippen molar-refractivity contribution >= 4 is 27.9 Å². The molecule has 0 aromatic carbocycles. The predicted octanol–water partition coefficient (Wildman–Crippen LogP) is 4.10. The van der Waals surface area contributed by atoms with Crippen LogP contribution in [0.3, 0.4) is 0 Å². The number of hydrogen-bond donors (Lipinski definition) is 2. The average molecular weight is 460 g/mol. The highest BCUT2D eigenvalue weighted by atomic mass is 32.2. The number of unbranched alkanes of at least 4 members (excludes halogenated alkanes) is 10. The van der Waals surface area contributed by atoms with E-state index in [1.54, 1.807) is 0 Å². The molecule has 1 heterocycles. The zero-order valence-electron chi connectivity index (χ0n) is 18.3. The zero-order valence-corrected chi connectivity index (χ0v) is 19.2. The lowest BCUT2D eigenvalue weighted by Gasteiger charge is -2.12.